The number of hydrogen-bond acceptors (Lipinski definition) is 8. The lowest BCUT2D eigenvalue weighted by Gasteiger charge is -2.39. The van der Waals surface area contributed by atoms with Crippen LogP contribution in [0.25, 0.3) is 22.1 Å². The molecule has 158 valence electrons. The number of ether oxygens (including phenoxy) is 2. The minimum absolute atomic E-state index is 0.203. The predicted octanol–water partition coefficient (Wildman–Crippen LogP) is 1.29. The Balaban J connectivity index is 1.62. The molecule has 1 saturated heterocycles. The Labute approximate surface area is 175 Å². The zero-order valence-corrected chi connectivity index (χ0v) is 16.3. The third-order valence-electron chi connectivity index (χ3n) is 5.00. The number of halogens is 1. The lowest BCUT2D eigenvalue weighted by atomic mass is 9.99. The summed E-state index contributed by atoms with van der Waals surface area (Å²) in [7, 11) is 0. The van der Waals surface area contributed by atoms with Gasteiger partial charge in [-0.1, -0.05) is 23.7 Å². The molecule has 5 atom stereocenters. The molecule has 4 N–H and O–H groups in total. The summed E-state index contributed by atoms with van der Waals surface area (Å²) < 4.78 is 16.5. The van der Waals surface area contributed by atoms with E-state index in [9.17, 15) is 25.2 Å². The maximum atomic E-state index is 12.8. The van der Waals surface area contributed by atoms with Gasteiger partial charge in [0, 0.05) is 11.1 Å². The molecule has 0 saturated carbocycles. The second kappa shape index (κ2) is 8.35. The van der Waals surface area contributed by atoms with Crippen molar-refractivity contribution in [3.63, 3.8) is 0 Å². The largest absolute Gasteiger partial charge is 0.463 e. The number of benzene rings is 2. The summed E-state index contributed by atoms with van der Waals surface area (Å²) in [5.41, 5.74) is 1.05. The van der Waals surface area contributed by atoms with Crippen LogP contribution in [-0.2, 0) is 4.74 Å². The standard InChI is InChI=1S/C21H19ClO8/c22-11-3-1-10(2-4-11)14-9-28-15-7-12(5-6-13(15)17(14)24)29-21-20(27)19(26)18(25)16(8-23)30-21/h1-7,9,16,18-21,23,25-27H,8H2/t16-,18+,19-,20-,21-/m1/s1. The van der Waals surface area contributed by atoms with Gasteiger partial charge in [-0.05, 0) is 29.8 Å². The van der Waals surface area contributed by atoms with Gasteiger partial charge in [-0.25, -0.2) is 0 Å². The third kappa shape index (κ3) is 3.81. The van der Waals surface area contributed by atoms with Gasteiger partial charge in [-0.3, -0.25) is 4.79 Å². The molecule has 3 aromatic rings. The van der Waals surface area contributed by atoms with E-state index >= 15 is 0 Å². The maximum Gasteiger partial charge on any atom is 0.229 e. The Kier molecular flexibility index (Phi) is 5.79. The Bertz CT molecular complexity index is 1090. The molecule has 0 unspecified atom stereocenters. The van der Waals surface area contributed by atoms with Gasteiger partial charge in [0.25, 0.3) is 0 Å². The van der Waals surface area contributed by atoms with Crippen LogP contribution in [-0.4, -0.2) is 57.7 Å². The summed E-state index contributed by atoms with van der Waals surface area (Å²) in [4.78, 5) is 12.8. The minimum Gasteiger partial charge on any atom is -0.463 e. The topological polar surface area (TPSA) is 130 Å². The fourth-order valence-electron chi connectivity index (χ4n) is 3.31. The molecule has 0 bridgehead atoms. The Morgan fingerprint density at radius 3 is 2.43 bits per heavy atom. The van der Waals surface area contributed by atoms with Gasteiger partial charge in [0.15, 0.2) is 5.43 Å². The predicted molar refractivity (Wildman–Crippen MR) is 107 cm³/mol. The Hall–Kier alpha value is -2.46. The highest BCUT2D eigenvalue weighted by Gasteiger charge is 2.44. The molecule has 30 heavy (non-hydrogen) atoms. The van der Waals surface area contributed by atoms with Crippen molar-refractivity contribution in [1.29, 1.82) is 0 Å². The zero-order valence-electron chi connectivity index (χ0n) is 15.5. The zero-order chi connectivity index (χ0) is 21.4. The fraction of sp³-hybridized carbons (Fsp3) is 0.286. The third-order valence-corrected chi connectivity index (χ3v) is 5.25. The van der Waals surface area contributed by atoms with Crippen molar-refractivity contribution in [1.82, 2.24) is 0 Å². The molecule has 2 aromatic carbocycles. The van der Waals surface area contributed by atoms with Crippen molar-refractivity contribution in [3.05, 3.63) is 64.0 Å². The van der Waals surface area contributed by atoms with E-state index in [1.807, 2.05) is 0 Å². The van der Waals surface area contributed by atoms with Gasteiger partial charge >= 0.3 is 0 Å². The second-order valence-electron chi connectivity index (χ2n) is 6.96. The van der Waals surface area contributed by atoms with Gasteiger partial charge in [0.2, 0.25) is 6.29 Å². The average molecular weight is 435 g/mol. The lowest BCUT2D eigenvalue weighted by Crippen LogP contribution is -2.60. The molecule has 2 heterocycles. The van der Waals surface area contributed by atoms with E-state index in [0.29, 0.717) is 21.5 Å². The van der Waals surface area contributed by atoms with Crippen LogP contribution in [0.15, 0.2) is 57.9 Å². The summed E-state index contributed by atoms with van der Waals surface area (Å²) in [5, 5.41) is 40.0. The Morgan fingerprint density at radius 1 is 1.00 bits per heavy atom. The molecule has 0 aliphatic carbocycles. The van der Waals surface area contributed by atoms with Crippen LogP contribution >= 0.6 is 11.6 Å². The summed E-state index contributed by atoms with van der Waals surface area (Å²) in [6.45, 7) is -0.565. The molecular weight excluding hydrogens is 416 g/mol. The van der Waals surface area contributed by atoms with Crippen molar-refractivity contribution in [2.75, 3.05) is 6.61 Å². The van der Waals surface area contributed by atoms with Crippen LogP contribution in [0.2, 0.25) is 5.02 Å². The number of fused-ring (bicyclic) bond motifs is 1. The summed E-state index contributed by atoms with van der Waals surface area (Å²) in [6.07, 6.45) is -5.66. The van der Waals surface area contributed by atoms with Crippen LogP contribution in [0.3, 0.4) is 0 Å². The van der Waals surface area contributed by atoms with E-state index in [-0.39, 0.29) is 16.8 Å². The van der Waals surface area contributed by atoms with Crippen LogP contribution in [0.4, 0.5) is 0 Å². The molecule has 1 fully saturated rings. The van der Waals surface area contributed by atoms with Crippen molar-refractivity contribution in [2.45, 2.75) is 30.7 Å². The van der Waals surface area contributed by atoms with Crippen molar-refractivity contribution >= 4 is 22.6 Å². The quantitative estimate of drug-likeness (QED) is 0.483. The van der Waals surface area contributed by atoms with Crippen LogP contribution in [0.1, 0.15) is 0 Å². The van der Waals surface area contributed by atoms with E-state index in [1.165, 1.54) is 24.5 Å². The molecule has 0 spiro atoms. The van der Waals surface area contributed by atoms with Crippen molar-refractivity contribution < 1.29 is 34.3 Å². The molecule has 0 amide bonds. The highest BCUT2D eigenvalue weighted by atomic mass is 35.5. The molecule has 8 nitrogen and oxygen atoms in total. The van der Waals surface area contributed by atoms with Crippen LogP contribution in [0.5, 0.6) is 5.75 Å². The summed E-state index contributed by atoms with van der Waals surface area (Å²) in [5.74, 6) is 0.203. The van der Waals surface area contributed by atoms with Crippen LogP contribution < -0.4 is 10.2 Å². The first-order valence-corrected chi connectivity index (χ1v) is 9.55. The van der Waals surface area contributed by atoms with E-state index in [0.717, 1.165) is 0 Å². The smallest absolute Gasteiger partial charge is 0.229 e. The lowest BCUT2D eigenvalue weighted by molar-refractivity contribution is -0.277. The number of aliphatic hydroxyl groups excluding tert-OH is 4. The fourth-order valence-corrected chi connectivity index (χ4v) is 3.44. The first kappa shape index (κ1) is 20.8. The highest BCUT2D eigenvalue weighted by molar-refractivity contribution is 6.30. The van der Waals surface area contributed by atoms with E-state index in [1.54, 1.807) is 24.3 Å². The monoisotopic (exact) mass is 434 g/mol. The second-order valence-corrected chi connectivity index (χ2v) is 7.39. The summed E-state index contributed by atoms with van der Waals surface area (Å²) >= 11 is 5.89. The number of rotatable bonds is 4. The average Bonchev–Trinajstić information content (AvgIpc) is 2.75. The molecule has 1 aliphatic rings. The van der Waals surface area contributed by atoms with Gasteiger partial charge < -0.3 is 34.3 Å². The van der Waals surface area contributed by atoms with Crippen molar-refractivity contribution in [3.8, 4) is 16.9 Å². The SMILES string of the molecule is O=c1c(-c2ccc(Cl)cc2)coc2cc(O[C@@H]3O[C@H](CO)[C@H](O)[C@@H](O)[C@H]3O)ccc12. The first-order chi connectivity index (χ1) is 14.4. The highest BCUT2D eigenvalue weighted by Crippen LogP contribution is 2.27. The maximum absolute atomic E-state index is 12.8. The van der Waals surface area contributed by atoms with Gasteiger partial charge in [0.1, 0.15) is 42.0 Å². The Morgan fingerprint density at radius 2 is 1.73 bits per heavy atom. The van der Waals surface area contributed by atoms with Crippen LogP contribution in [0, 0.1) is 0 Å². The van der Waals surface area contributed by atoms with E-state index in [4.69, 9.17) is 25.5 Å². The number of hydrogen-bond donors (Lipinski definition) is 4. The molecule has 1 aliphatic heterocycles. The van der Waals surface area contributed by atoms with Gasteiger partial charge in [-0.2, -0.15) is 0 Å². The summed E-state index contributed by atoms with van der Waals surface area (Å²) in [6, 6.07) is 11.3. The van der Waals surface area contributed by atoms with E-state index < -0.39 is 37.3 Å². The molecular formula is C21H19ClO8. The molecule has 4 rings (SSSR count). The minimum atomic E-state index is -1.55. The van der Waals surface area contributed by atoms with Gasteiger partial charge in [0.05, 0.1) is 17.6 Å². The van der Waals surface area contributed by atoms with E-state index in [2.05, 4.69) is 0 Å². The molecule has 1 aromatic heterocycles. The van der Waals surface area contributed by atoms with Gasteiger partial charge in [-0.15, -0.1) is 0 Å². The van der Waals surface area contributed by atoms with Crippen molar-refractivity contribution in [2.24, 2.45) is 0 Å². The molecule has 9 heteroatoms. The number of aliphatic hydroxyl groups is 4. The first-order valence-electron chi connectivity index (χ1n) is 9.17. The molecule has 0 radical (unpaired) electrons. The normalized spacial score (nSPS) is 26.6.